The van der Waals surface area contributed by atoms with Crippen molar-refractivity contribution >= 4 is 21.9 Å². The van der Waals surface area contributed by atoms with E-state index < -0.39 is 0 Å². The first-order valence-electron chi connectivity index (χ1n) is 6.36. The fourth-order valence-corrected chi connectivity index (χ4v) is 2.08. The van der Waals surface area contributed by atoms with Gasteiger partial charge < -0.3 is 13.6 Å². The van der Waals surface area contributed by atoms with Gasteiger partial charge in [-0.2, -0.15) is 0 Å². The van der Waals surface area contributed by atoms with Crippen LogP contribution in [0.2, 0.25) is 0 Å². The highest BCUT2D eigenvalue weighted by Gasteiger charge is 2.12. The van der Waals surface area contributed by atoms with Gasteiger partial charge in [0.2, 0.25) is 0 Å². The number of rotatable bonds is 4. The van der Waals surface area contributed by atoms with E-state index in [1.165, 1.54) is 6.07 Å². The zero-order valence-electron chi connectivity index (χ0n) is 10.6. The SMILES string of the molecule is CCCCOc1c2ccoc2cc2oc(=O)ccc12. The monoisotopic (exact) mass is 258 g/mol. The lowest BCUT2D eigenvalue weighted by Crippen LogP contribution is -2.00. The van der Waals surface area contributed by atoms with Crippen LogP contribution >= 0.6 is 0 Å². The first-order chi connectivity index (χ1) is 9.29. The Labute approximate surface area is 109 Å². The molecule has 19 heavy (non-hydrogen) atoms. The van der Waals surface area contributed by atoms with Gasteiger partial charge in [0.05, 0.1) is 23.6 Å². The summed E-state index contributed by atoms with van der Waals surface area (Å²) in [6, 6.07) is 6.72. The summed E-state index contributed by atoms with van der Waals surface area (Å²) >= 11 is 0. The fraction of sp³-hybridized carbons (Fsp3) is 0.267. The summed E-state index contributed by atoms with van der Waals surface area (Å²) < 4.78 is 16.4. The molecule has 0 bridgehead atoms. The van der Waals surface area contributed by atoms with Gasteiger partial charge in [0, 0.05) is 12.1 Å². The Morgan fingerprint density at radius 3 is 2.84 bits per heavy atom. The number of benzene rings is 1. The predicted octanol–water partition coefficient (Wildman–Crippen LogP) is 3.72. The molecule has 2 heterocycles. The van der Waals surface area contributed by atoms with Gasteiger partial charge in [-0.25, -0.2) is 4.79 Å². The summed E-state index contributed by atoms with van der Waals surface area (Å²) in [4.78, 5) is 11.3. The molecule has 0 fully saturated rings. The maximum Gasteiger partial charge on any atom is 0.336 e. The summed E-state index contributed by atoms with van der Waals surface area (Å²) in [5.74, 6) is 0.721. The van der Waals surface area contributed by atoms with Crippen molar-refractivity contribution in [2.75, 3.05) is 6.61 Å². The van der Waals surface area contributed by atoms with Crippen LogP contribution in [0.4, 0.5) is 0 Å². The number of fused-ring (bicyclic) bond motifs is 2. The molecule has 0 aliphatic carbocycles. The Bertz CT molecular complexity index is 767. The molecule has 0 aliphatic heterocycles. The quantitative estimate of drug-likeness (QED) is 0.528. The van der Waals surface area contributed by atoms with E-state index in [1.807, 2.05) is 6.07 Å². The Morgan fingerprint density at radius 1 is 1.16 bits per heavy atom. The summed E-state index contributed by atoms with van der Waals surface area (Å²) in [7, 11) is 0. The molecule has 4 heteroatoms. The van der Waals surface area contributed by atoms with Gasteiger partial charge in [-0.3, -0.25) is 0 Å². The first kappa shape index (κ1) is 11.8. The molecule has 0 atom stereocenters. The topological polar surface area (TPSA) is 52.6 Å². The van der Waals surface area contributed by atoms with Gasteiger partial charge in [0.15, 0.2) is 0 Å². The minimum Gasteiger partial charge on any atom is -0.492 e. The Hall–Kier alpha value is -2.23. The van der Waals surface area contributed by atoms with E-state index in [4.69, 9.17) is 13.6 Å². The molecule has 0 aliphatic rings. The lowest BCUT2D eigenvalue weighted by Gasteiger charge is -2.09. The van der Waals surface area contributed by atoms with E-state index in [9.17, 15) is 4.79 Å². The second-order valence-corrected chi connectivity index (χ2v) is 4.41. The number of hydrogen-bond donors (Lipinski definition) is 0. The third-order valence-electron chi connectivity index (χ3n) is 3.05. The van der Waals surface area contributed by atoms with Crippen LogP contribution in [0, 0.1) is 0 Å². The van der Waals surface area contributed by atoms with Crippen LogP contribution in [0.5, 0.6) is 5.75 Å². The van der Waals surface area contributed by atoms with E-state index in [-0.39, 0.29) is 5.63 Å². The zero-order valence-corrected chi connectivity index (χ0v) is 10.6. The highest BCUT2D eigenvalue weighted by Crippen LogP contribution is 2.35. The van der Waals surface area contributed by atoms with Crippen molar-refractivity contribution in [2.24, 2.45) is 0 Å². The molecule has 3 aromatic rings. The van der Waals surface area contributed by atoms with E-state index in [0.29, 0.717) is 17.8 Å². The average Bonchev–Trinajstić information content (AvgIpc) is 2.85. The highest BCUT2D eigenvalue weighted by atomic mass is 16.5. The third-order valence-corrected chi connectivity index (χ3v) is 3.05. The number of ether oxygens (including phenoxy) is 1. The Kier molecular flexibility index (Phi) is 2.99. The molecule has 0 unspecified atom stereocenters. The van der Waals surface area contributed by atoms with Crippen LogP contribution in [0.1, 0.15) is 19.8 Å². The van der Waals surface area contributed by atoms with Crippen molar-refractivity contribution in [2.45, 2.75) is 19.8 Å². The summed E-state index contributed by atoms with van der Waals surface area (Å²) in [6.45, 7) is 2.74. The molecule has 1 aromatic carbocycles. The van der Waals surface area contributed by atoms with Gasteiger partial charge in [-0.1, -0.05) is 13.3 Å². The van der Waals surface area contributed by atoms with Gasteiger partial charge >= 0.3 is 5.63 Å². The van der Waals surface area contributed by atoms with Crippen LogP contribution in [-0.4, -0.2) is 6.61 Å². The van der Waals surface area contributed by atoms with Crippen molar-refractivity contribution in [3.05, 3.63) is 40.9 Å². The average molecular weight is 258 g/mol. The molecular weight excluding hydrogens is 244 g/mol. The third kappa shape index (κ3) is 2.10. The molecule has 0 amide bonds. The molecule has 2 aromatic heterocycles. The molecule has 3 rings (SSSR count). The standard InChI is InChI=1S/C15H14O4/c1-2-3-7-18-15-10-4-5-14(16)19-13(10)9-12-11(15)6-8-17-12/h4-6,8-9H,2-3,7H2,1H3. The zero-order chi connectivity index (χ0) is 13.2. The minimum absolute atomic E-state index is 0.377. The normalized spacial score (nSPS) is 11.2. The molecule has 0 saturated heterocycles. The van der Waals surface area contributed by atoms with Crippen LogP contribution in [0.15, 0.2) is 44.2 Å². The summed E-state index contributed by atoms with van der Waals surface area (Å²) in [5, 5.41) is 1.70. The molecular formula is C15H14O4. The summed E-state index contributed by atoms with van der Waals surface area (Å²) in [5.41, 5.74) is 0.771. The number of hydrogen-bond acceptors (Lipinski definition) is 4. The first-order valence-corrected chi connectivity index (χ1v) is 6.36. The van der Waals surface area contributed by atoms with Crippen LogP contribution in [0.3, 0.4) is 0 Å². The number of unbranched alkanes of at least 4 members (excludes halogenated alkanes) is 1. The van der Waals surface area contributed by atoms with Crippen LogP contribution < -0.4 is 10.4 Å². The second-order valence-electron chi connectivity index (χ2n) is 4.41. The lowest BCUT2D eigenvalue weighted by atomic mass is 10.1. The largest absolute Gasteiger partial charge is 0.492 e. The van der Waals surface area contributed by atoms with Crippen LogP contribution in [-0.2, 0) is 0 Å². The number of furan rings is 1. The molecule has 98 valence electrons. The van der Waals surface area contributed by atoms with E-state index in [1.54, 1.807) is 18.4 Å². The van der Waals surface area contributed by atoms with Crippen molar-refractivity contribution < 1.29 is 13.6 Å². The minimum atomic E-state index is -0.377. The second kappa shape index (κ2) is 4.80. The van der Waals surface area contributed by atoms with E-state index in [0.717, 1.165) is 29.4 Å². The Morgan fingerprint density at radius 2 is 2.00 bits per heavy atom. The van der Waals surface area contributed by atoms with Crippen molar-refractivity contribution in [1.82, 2.24) is 0 Å². The fourth-order valence-electron chi connectivity index (χ4n) is 2.08. The smallest absolute Gasteiger partial charge is 0.336 e. The highest BCUT2D eigenvalue weighted by molar-refractivity contribution is 6.01. The lowest BCUT2D eigenvalue weighted by molar-refractivity contribution is 0.316. The van der Waals surface area contributed by atoms with Crippen LogP contribution in [0.25, 0.3) is 21.9 Å². The molecule has 0 spiro atoms. The maximum absolute atomic E-state index is 11.3. The Balaban J connectivity index is 2.21. The molecule has 4 nitrogen and oxygen atoms in total. The molecule has 0 N–H and O–H groups in total. The van der Waals surface area contributed by atoms with Crippen molar-refractivity contribution in [3.63, 3.8) is 0 Å². The predicted molar refractivity (Wildman–Crippen MR) is 72.7 cm³/mol. The molecule has 0 radical (unpaired) electrons. The van der Waals surface area contributed by atoms with E-state index >= 15 is 0 Å². The molecule has 0 saturated carbocycles. The van der Waals surface area contributed by atoms with Gasteiger partial charge in [0.1, 0.15) is 16.9 Å². The maximum atomic E-state index is 11.3. The van der Waals surface area contributed by atoms with Crippen molar-refractivity contribution in [3.8, 4) is 5.75 Å². The van der Waals surface area contributed by atoms with Gasteiger partial charge in [-0.15, -0.1) is 0 Å². The van der Waals surface area contributed by atoms with Gasteiger partial charge in [0.25, 0.3) is 0 Å². The summed E-state index contributed by atoms with van der Waals surface area (Å²) in [6.07, 6.45) is 3.65. The van der Waals surface area contributed by atoms with Gasteiger partial charge in [-0.05, 0) is 18.6 Å². The van der Waals surface area contributed by atoms with Crippen molar-refractivity contribution in [1.29, 1.82) is 0 Å². The van der Waals surface area contributed by atoms with E-state index in [2.05, 4.69) is 6.92 Å².